The summed E-state index contributed by atoms with van der Waals surface area (Å²) in [6, 6.07) is 21.0. The van der Waals surface area contributed by atoms with E-state index in [0.29, 0.717) is 0 Å². The molecule has 0 spiro atoms. The molecular formula is C16H14N2. The zero-order chi connectivity index (χ0) is 12.2. The average Bonchev–Trinajstić information content (AvgIpc) is 2.93. The molecule has 0 N–H and O–H groups in total. The Balaban J connectivity index is 1.90. The Hall–Kier alpha value is -2.35. The van der Waals surface area contributed by atoms with Gasteiger partial charge in [-0.15, -0.1) is 0 Å². The van der Waals surface area contributed by atoms with Crippen molar-refractivity contribution >= 4 is 0 Å². The first kappa shape index (κ1) is 10.8. The highest BCUT2D eigenvalue weighted by molar-refractivity contribution is 5.63. The topological polar surface area (TPSA) is 17.8 Å². The van der Waals surface area contributed by atoms with E-state index in [1.807, 2.05) is 23.0 Å². The fraction of sp³-hybridized carbons (Fsp3) is 0.0625. The molecule has 1 heterocycles. The van der Waals surface area contributed by atoms with Crippen LogP contribution in [0.2, 0.25) is 0 Å². The smallest absolute Gasteiger partial charge is 0.0659 e. The molecule has 0 amide bonds. The Morgan fingerprint density at radius 2 is 1.67 bits per heavy atom. The van der Waals surface area contributed by atoms with Crippen LogP contribution in [0.25, 0.3) is 11.1 Å². The summed E-state index contributed by atoms with van der Waals surface area (Å²) < 4.78 is 1.93. The standard InChI is InChI=1S/C16H14N2/c1-2-7-15(8-3-1)16-9-4-6-14(12-16)13-18-11-5-10-17-18/h1-12H,13H2. The fourth-order valence-corrected chi connectivity index (χ4v) is 2.06. The summed E-state index contributed by atoms with van der Waals surface area (Å²) in [4.78, 5) is 0. The van der Waals surface area contributed by atoms with Crippen LogP contribution in [0.1, 0.15) is 5.56 Å². The van der Waals surface area contributed by atoms with E-state index in [4.69, 9.17) is 0 Å². The van der Waals surface area contributed by atoms with Crippen LogP contribution < -0.4 is 0 Å². The molecule has 0 aliphatic rings. The third kappa shape index (κ3) is 2.33. The fourth-order valence-electron chi connectivity index (χ4n) is 2.06. The number of rotatable bonds is 3. The largest absolute Gasteiger partial charge is 0.268 e. The second kappa shape index (κ2) is 4.88. The Kier molecular flexibility index (Phi) is 2.92. The molecule has 2 nitrogen and oxygen atoms in total. The molecule has 0 aliphatic carbocycles. The Morgan fingerprint density at radius 1 is 0.833 bits per heavy atom. The van der Waals surface area contributed by atoms with Gasteiger partial charge < -0.3 is 0 Å². The summed E-state index contributed by atoms with van der Waals surface area (Å²) in [5.74, 6) is 0. The molecule has 0 saturated heterocycles. The minimum atomic E-state index is 0.813. The molecule has 1 aromatic heterocycles. The highest BCUT2D eigenvalue weighted by Gasteiger charge is 1.99. The molecule has 0 aliphatic heterocycles. The highest BCUT2D eigenvalue weighted by atomic mass is 15.3. The van der Waals surface area contributed by atoms with Gasteiger partial charge in [0.2, 0.25) is 0 Å². The molecule has 0 atom stereocenters. The van der Waals surface area contributed by atoms with E-state index in [2.05, 4.69) is 53.6 Å². The third-order valence-electron chi connectivity index (χ3n) is 2.94. The van der Waals surface area contributed by atoms with E-state index in [0.717, 1.165) is 6.54 Å². The Morgan fingerprint density at radius 3 is 2.44 bits per heavy atom. The molecule has 2 aromatic carbocycles. The summed E-state index contributed by atoms with van der Waals surface area (Å²) in [6.07, 6.45) is 3.79. The molecule has 88 valence electrons. The van der Waals surface area contributed by atoms with Crippen LogP contribution >= 0.6 is 0 Å². The molecule has 0 radical (unpaired) electrons. The second-order valence-electron chi connectivity index (χ2n) is 4.27. The molecule has 3 rings (SSSR count). The number of benzene rings is 2. The minimum Gasteiger partial charge on any atom is -0.268 e. The van der Waals surface area contributed by atoms with Crippen molar-refractivity contribution in [3.63, 3.8) is 0 Å². The predicted octanol–water partition coefficient (Wildman–Crippen LogP) is 3.60. The molecule has 0 fully saturated rings. The van der Waals surface area contributed by atoms with Gasteiger partial charge in [0, 0.05) is 12.4 Å². The SMILES string of the molecule is c1ccc(-c2cccc(Cn3cccn3)c2)cc1. The maximum atomic E-state index is 4.23. The van der Waals surface area contributed by atoms with Crippen LogP contribution in [0.3, 0.4) is 0 Å². The van der Waals surface area contributed by atoms with Crippen molar-refractivity contribution in [2.45, 2.75) is 6.54 Å². The van der Waals surface area contributed by atoms with Gasteiger partial charge in [-0.1, -0.05) is 48.5 Å². The van der Waals surface area contributed by atoms with Gasteiger partial charge in [-0.3, -0.25) is 4.68 Å². The number of aromatic nitrogens is 2. The summed E-state index contributed by atoms with van der Waals surface area (Å²) >= 11 is 0. The Labute approximate surface area is 107 Å². The first-order chi connectivity index (χ1) is 8.92. The monoisotopic (exact) mass is 234 g/mol. The second-order valence-corrected chi connectivity index (χ2v) is 4.27. The molecule has 2 heteroatoms. The van der Waals surface area contributed by atoms with Crippen LogP contribution in [0, 0.1) is 0 Å². The maximum Gasteiger partial charge on any atom is 0.0659 e. The molecular weight excluding hydrogens is 220 g/mol. The summed E-state index contributed by atoms with van der Waals surface area (Å²) in [6.45, 7) is 0.813. The average molecular weight is 234 g/mol. The van der Waals surface area contributed by atoms with Crippen LogP contribution in [-0.2, 0) is 6.54 Å². The normalized spacial score (nSPS) is 10.4. The van der Waals surface area contributed by atoms with E-state index in [-0.39, 0.29) is 0 Å². The summed E-state index contributed by atoms with van der Waals surface area (Å²) in [5, 5.41) is 4.23. The number of hydrogen-bond donors (Lipinski definition) is 0. The van der Waals surface area contributed by atoms with Crippen molar-refractivity contribution in [1.29, 1.82) is 0 Å². The lowest BCUT2D eigenvalue weighted by Crippen LogP contribution is -1.99. The van der Waals surface area contributed by atoms with E-state index in [1.165, 1.54) is 16.7 Å². The lowest BCUT2D eigenvalue weighted by Gasteiger charge is -2.06. The maximum absolute atomic E-state index is 4.23. The van der Waals surface area contributed by atoms with E-state index in [1.54, 1.807) is 6.20 Å². The molecule has 0 saturated carbocycles. The van der Waals surface area contributed by atoms with E-state index >= 15 is 0 Å². The minimum absolute atomic E-state index is 0.813. The lowest BCUT2D eigenvalue weighted by atomic mass is 10.0. The van der Waals surface area contributed by atoms with Crippen molar-refractivity contribution in [1.82, 2.24) is 9.78 Å². The van der Waals surface area contributed by atoms with Crippen molar-refractivity contribution < 1.29 is 0 Å². The van der Waals surface area contributed by atoms with Crippen molar-refractivity contribution in [3.05, 3.63) is 78.6 Å². The zero-order valence-corrected chi connectivity index (χ0v) is 10.0. The predicted molar refractivity (Wildman–Crippen MR) is 73.2 cm³/mol. The number of nitrogens with zero attached hydrogens (tertiary/aromatic N) is 2. The van der Waals surface area contributed by atoms with Gasteiger partial charge in [-0.2, -0.15) is 5.10 Å². The highest BCUT2D eigenvalue weighted by Crippen LogP contribution is 2.20. The molecule has 3 aromatic rings. The van der Waals surface area contributed by atoms with Gasteiger partial charge in [0.1, 0.15) is 0 Å². The van der Waals surface area contributed by atoms with Crippen LogP contribution in [0.4, 0.5) is 0 Å². The summed E-state index contributed by atoms with van der Waals surface area (Å²) in [5.41, 5.74) is 3.76. The van der Waals surface area contributed by atoms with Crippen molar-refractivity contribution in [2.24, 2.45) is 0 Å². The van der Waals surface area contributed by atoms with Gasteiger partial charge in [0.05, 0.1) is 6.54 Å². The van der Waals surface area contributed by atoms with Gasteiger partial charge in [-0.25, -0.2) is 0 Å². The van der Waals surface area contributed by atoms with Gasteiger partial charge in [0.15, 0.2) is 0 Å². The lowest BCUT2D eigenvalue weighted by molar-refractivity contribution is 0.687. The van der Waals surface area contributed by atoms with E-state index < -0.39 is 0 Å². The van der Waals surface area contributed by atoms with Crippen LogP contribution in [-0.4, -0.2) is 9.78 Å². The number of hydrogen-bond acceptors (Lipinski definition) is 1. The quantitative estimate of drug-likeness (QED) is 0.677. The first-order valence-corrected chi connectivity index (χ1v) is 6.03. The van der Waals surface area contributed by atoms with E-state index in [9.17, 15) is 0 Å². The van der Waals surface area contributed by atoms with Gasteiger partial charge in [-0.05, 0) is 28.8 Å². The molecule has 0 bridgehead atoms. The van der Waals surface area contributed by atoms with Crippen molar-refractivity contribution in [2.75, 3.05) is 0 Å². The zero-order valence-electron chi connectivity index (χ0n) is 10.0. The Bertz CT molecular complexity index is 613. The summed E-state index contributed by atoms with van der Waals surface area (Å²) in [7, 11) is 0. The van der Waals surface area contributed by atoms with Crippen LogP contribution in [0.5, 0.6) is 0 Å². The molecule has 18 heavy (non-hydrogen) atoms. The molecule has 0 unspecified atom stereocenters. The van der Waals surface area contributed by atoms with Gasteiger partial charge >= 0.3 is 0 Å². The van der Waals surface area contributed by atoms with Crippen LogP contribution in [0.15, 0.2) is 73.1 Å². The first-order valence-electron chi connectivity index (χ1n) is 6.03. The third-order valence-corrected chi connectivity index (χ3v) is 2.94. The van der Waals surface area contributed by atoms with Gasteiger partial charge in [0.25, 0.3) is 0 Å². The van der Waals surface area contributed by atoms with Crippen molar-refractivity contribution in [3.8, 4) is 11.1 Å².